The summed E-state index contributed by atoms with van der Waals surface area (Å²) < 4.78 is 1.70. The molecule has 10 heteroatoms. The molecule has 3 N–H and O–H groups in total. The number of fused-ring (bicyclic) bond motifs is 1. The standard InChI is InChI=1S/C23H33N7O3/c1-23(22(33)25-15-16-6-8-19-18(14-16)26-27-28(19)2)10-5-13-30(23)21(32)17(24)7-9-20(31)29-11-3-4-12-29/h6,8,14,17H,3-5,7,9-13,15,24H2,1-2H3,(H,25,33)/t17-,23+/m1/s1. The van der Waals surface area contributed by atoms with Gasteiger partial charge in [0.15, 0.2) is 0 Å². The van der Waals surface area contributed by atoms with Gasteiger partial charge < -0.3 is 20.9 Å². The van der Waals surface area contributed by atoms with Gasteiger partial charge in [0.05, 0.1) is 11.6 Å². The van der Waals surface area contributed by atoms with Gasteiger partial charge in [0.2, 0.25) is 17.7 Å². The summed E-state index contributed by atoms with van der Waals surface area (Å²) >= 11 is 0. The van der Waals surface area contributed by atoms with Crippen molar-refractivity contribution in [1.82, 2.24) is 30.1 Å². The topological polar surface area (TPSA) is 126 Å². The number of aromatic nitrogens is 3. The summed E-state index contributed by atoms with van der Waals surface area (Å²) in [6, 6.07) is 4.96. The van der Waals surface area contributed by atoms with Crippen LogP contribution in [-0.4, -0.2) is 73.7 Å². The number of likely N-dealkylation sites (tertiary alicyclic amines) is 2. The highest BCUT2D eigenvalue weighted by Gasteiger charge is 2.46. The molecule has 10 nitrogen and oxygen atoms in total. The Bertz CT molecular complexity index is 1050. The van der Waals surface area contributed by atoms with Crippen molar-refractivity contribution in [3.63, 3.8) is 0 Å². The summed E-state index contributed by atoms with van der Waals surface area (Å²) in [5.41, 5.74) is 7.82. The first-order chi connectivity index (χ1) is 15.8. The largest absolute Gasteiger partial charge is 0.350 e. The maximum Gasteiger partial charge on any atom is 0.245 e. The van der Waals surface area contributed by atoms with Crippen LogP contribution in [0.1, 0.15) is 51.0 Å². The number of benzene rings is 1. The number of hydrogen-bond donors (Lipinski definition) is 2. The number of rotatable bonds is 7. The van der Waals surface area contributed by atoms with Crippen molar-refractivity contribution in [2.75, 3.05) is 19.6 Å². The van der Waals surface area contributed by atoms with Crippen molar-refractivity contribution in [1.29, 1.82) is 0 Å². The van der Waals surface area contributed by atoms with Crippen molar-refractivity contribution in [2.24, 2.45) is 12.8 Å². The molecule has 0 aliphatic carbocycles. The molecule has 1 aromatic carbocycles. The van der Waals surface area contributed by atoms with Gasteiger partial charge in [-0.1, -0.05) is 11.3 Å². The van der Waals surface area contributed by atoms with Crippen molar-refractivity contribution in [3.05, 3.63) is 23.8 Å². The Morgan fingerprint density at radius 1 is 1.18 bits per heavy atom. The molecule has 1 aromatic heterocycles. The number of carbonyl (C=O) groups excluding carboxylic acids is 3. The predicted molar refractivity (Wildman–Crippen MR) is 123 cm³/mol. The van der Waals surface area contributed by atoms with Crippen LogP contribution in [0, 0.1) is 0 Å². The van der Waals surface area contributed by atoms with Crippen molar-refractivity contribution < 1.29 is 14.4 Å². The molecule has 2 aliphatic heterocycles. The zero-order chi connectivity index (χ0) is 23.6. The Hall–Kier alpha value is -3.01. The Balaban J connectivity index is 1.34. The summed E-state index contributed by atoms with van der Waals surface area (Å²) in [5, 5.41) is 11.1. The van der Waals surface area contributed by atoms with Crippen LogP contribution >= 0.6 is 0 Å². The lowest BCUT2D eigenvalue weighted by atomic mass is 9.96. The van der Waals surface area contributed by atoms with E-state index >= 15 is 0 Å². The first-order valence-corrected chi connectivity index (χ1v) is 11.7. The second kappa shape index (κ2) is 9.46. The van der Waals surface area contributed by atoms with Crippen LogP contribution in [0.4, 0.5) is 0 Å². The monoisotopic (exact) mass is 455 g/mol. The Kier molecular flexibility index (Phi) is 6.64. The Morgan fingerprint density at radius 2 is 1.94 bits per heavy atom. The van der Waals surface area contributed by atoms with E-state index in [2.05, 4.69) is 15.6 Å². The first-order valence-electron chi connectivity index (χ1n) is 11.7. The predicted octanol–water partition coefficient (Wildman–Crippen LogP) is 0.696. The van der Waals surface area contributed by atoms with Crippen LogP contribution in [0.2, 0.25) is 0 Å². The molecular weight excluding hydrogens is 422 g/mol. The summed E-state index contributed by atoms with van der Waals surface area (Å²) in [5.74, 6) is -0.411. The van der Waals surface area contributed by atoms with Crippen LogP contribution < -0.4 is 11.1 Å². The lowest BCUT2D eigenvalue weighted by molar-refractivity contribution is -0.145. The minimum absolute atomic E-state index is 0.0535. The molecular formula is C23H33N7O3. The number of hydrogen-bond acceptors (Lipinski definition) is 6. The van der Waals surface area contributed by atoms with E-state index in [9.17, 15) is 14.4 Å². The molecule has 2 saturated heterocycles. The number of nitrogens with two attached hydrogens (primary N) is 1. The normalized spacial score (nSPS) is 21.5. The van der Waals surface area contributed by atoms with Crippen LogP contribution in [-0.2, 0) is 28.0 Å². The number of aryl methyl sites for hydroxylation is 1. The SMILES string of the molecule is Cn1nnc2cc(CNC(=O)[C@]3(C)CCCN3C(=O)[C@H](N)CCC(=O)N3CCCC3)ccc21. The summed E-state index contributed by atoms with van der Waals surface area (Å²) in [7, 11) is 1.83. The van der Waals surface area contributed by atoms with Crippen LogP contribution in [0.25, 0.3) is 11.0 Å². The summed E-state index contributed by atoms with van der Waals surface area (Å²) in [6.45, 7) is 4.19. The third-order valence-electron chi connectivity index (χ3n) is 6.97. The minimum atomic E-state index is -0.954. The lowest BCUT2D eigenvalue weighted by Gasteiger charge is -2.35. The molecule has 0 radical (unpaired) electrons. The molecule has 2 aliphatic rings. The molecule has 2 fully saturated rings. The number of amides is 3. The highest BCUT2D eigenvalue weighted by atomic mass is 16.2. The second-order valence-corrected chi connectivity index (χ2v) is 9.32. The van der Waals surface area contributed by atoms with E-state index in [4.69, 9.17) is 5.73 Å². The van der Waals surface area contributed by atoms with Gasteiger partial charge in [0, 0.05) is 39.6 Å². The lowest BCUT2D eigenvalue weighted by Crippen LogP contribution is -2.58. The zero-order valence-electron chi connectivity index (χ0n) is 19.4. The molecule has 4 rings (SSSR count). The fraction of sp³-hybridized carbons (Fsp3) is 0.609. The molecule has 33 heavy (non-hydrogen) atoms. The first kappa shape index (κ1) is 23.2. The highest BCUT2D eigenvalue weighted by molar-refractivity contribution is 5.93. The van der Waals surface area contributed by atoms with E-state index in [1.54, 1.807) is 16.5 Å². The van der Waals surface area contributed by atoms with E-state index in [0.29, 0.717) is 25.9 Å². The molecule has 0 unspecified atom stereocenters. The molecule has 0 bridgehead atoms. The van der Waals surface area contributed by atoms with Gasteiger partial charge in [0.1, 0.15) is 11.1 Å². The van der Waals surface area contributed by atoms with Gasteiger partial charge in [-0.3, -0.25) is 14.4 Å². The smallest absolute Gasteiger partial charge is 0.245 e. The number of carbonyl (C=O) groups is 3. The summed E-state index contributed by atoms with van der Waals surface area (Å²) in [6.07, 6.45) is 3.93. The minimum Gasteiger partial charge on any atom is -0.350 e. The Morgan fingerprint density at radius 3 is 2.70 bits per heavy atom. The maximum absolute atomic E-state index is 13.1. The van der Waals surface area contributed by atoms with Crippen molar-refractivity contribution in [2.45, 2.75) is 63.6 Å². The van der Waals surface area contributed by atoms with E-state index in [1.807, 2.05) is 30.1 Å². The molecule has 3 amide bonds. The van der Waals surface area contributed by atoms with Crippen LogP contribution in [0.15, 0.2) is 18.2 Å². The highest BCUT2D eigenvalue weighted by Crippen LogP contribution is 2.30. The fourth-order valence-electron chi connectivity index (χ4n) is 4.85. The van der Waals surface area contributed by atoms with Crippen molar-refractivity contribution in [3.8, 4) is 0 Å². The van der Waals surface area contributed by atoms with Gasteiger partial charge in [-0.25, -0.2) is 4.68 Å². The molecule has 0 saturated carbocycles. The van der Waals surface area contributed by atoms with Gasteiger partial charge in [-0.2, -0.15) is 0 Å². The molecule has 3 heterocycles. The average Bonchev–Trinajstić information content (AvgIpc) is 3.56. The maximum atomic E-state index is 13.1. The summed E-state index contributed by atoms with van der Waals surface area (Å²) in [4.78, 5) is 42.0. The van der Waals surface area contributed by atoms with Crippen LogP contribution in [0.3, 0.4) is 0 Å². The van der Waals surface area contributed by atoms with E-state index < -0.39 is 11.6 Å². The Labute approximate surface area is 193 Å². The van der Waals surface area contributed by atoms with E-state index in [-0.39, 0.29) is 24.1 Å². The van der Waals surface area contributed by atoms with Gasteiger partial charge in [0.25, 0.3) is 0 Å². The molecule has 2 aromatic rings. The molecule has 2 atom stereocenters. The third-order valence-corrected chi connectivity index (χ3v) is 6.97. The van der Waals surface area contributed by atoms with Crippen LogP contribution in [0.5, 0.6) is 0 Å². The average molecular weight is 456 g/mol. The van der Waals surface area contributed by atoms with Crippen molar-refractivity contribution >= 4 is 28.8 Å². The third kappa shape index (κ3) is 4.71. The molecule has 178 valence electrons. The quantitative estimate of drug-likeness (QED) is 0.633. The number of nitrogens with zero attached hydrogens (tertiary/aromatic N) is 5. The fourth-order valence-corrected chi connectivity index (χ4v) is 4.85. The van der Waals surface area contributed by atoms with Gasteiger partial charge in [-0.15, -0.1) is 5.10 Å². The van der Waals surface area contributed by atoms with Gasteiger partial charge in [-0.05, 0) is 56.7 Å². The van der Waals surface area contributed by atoms with E-state index in [0.717, 1.165) is 48.9 Å². The van der Waals surface area contributed by atoms with E-state index in [1.165, 1.54) is 0 Å². The molecule has 0 spiro atoms. The zero-order valence-corrected chi connectivity index (χ0v) is 19.4. The second-order valence-electron chi connectivity index (χ2n) is 9.32. The number of nitrogens with one attached hydrogen (secondary N) is 1. The van der Waals surface area contributed by atoms with Gasteiger partial charge >= 0.3 is 0 Å².